The van der Waals surface area contributed by atoms with E-state index >= 15 is 0 Å². The fraction of sp³-hybridized carbons (Fsp3) is 0.846. The van der Waals surface area contributed by atoms with Crippen molar-refractivity contribution in [2.24, 2.45) is 11.1 Å². The number of hydrogen-bond donors (Lipinski definition) is 1. The highest BCUT2D eigenvalue weighted by Gasteiger charge is 2.43. The molecule has 0 bridgehead atoms. The molecule has 1 unspecified atom stereocenters. The van der Waals surface area contributed by atoms with Crippen LogP contribution in [0.5, 0.6) is 0 Å². The second kappa shape index (κ2) is 5.61. The summed E-state index contributed by atoms with van der Waals surface area (Å²) in [5.41, 5.74) is 6.58. The Hall–Kier alpha value is -0.550. The van der Waals surface area contributed by atoms with Crippen LogP contribution in [0.15, 0.2) is 11.6 Å². The van der Waals surface area contributed by atoms with Gasteiger partial charge in [-0.3, -0.25) is 4.90 Å². The van der Waals surface area contributed by atoms with Gasteiger partial charge in [-0.25, -0.2) is 0 Å². The molecule has 0 spiro atoms. The Morgan fingerprint density at radius 2 is 1.94 bits per heavy atom. The van der Waals surface area contributed by atoms with Crippen molar-refractivity contribution in [2.45, 2.75) is 45.8 Å². The zero-order valence-corrected chi connectivity index (χ0v) is 11.3. The predicted octanol–water partition coefficient (Wildman–Crippen LogP) is 2.94. The van der Waals surface area contributed by atoms with Crippen molar-refractivity contribution in [1.82, 2.24) is 4.90 Å². The van der Waals surface area contributed by atoms with Gasteiger partial charge in [-0.2, -0.15) is 13.2 Å². The smallest absolute Gasteiger partial charge is 0.330 e. The molecule has 2 N–H and O–H groups in total. The maximum atomic E-state index is 12.9. The molecule has 106 valence electrons. The van der Waals surface area contributed by atoms with E-state index in [1.54, 1.807) is 0 Å². The highest BCUT2D eigenvalue weighted by atomic mass is 19.4. The topological polar surface area (TPSA) is 29.3 Å². The van der Waals surface area contributed by atoms with Crippen LogP contribution in [0.25, 0.3) is 0 Å². The fourth-order valence-electron chi connectivity index (χ4n) is 2.36. The summed E-state index contributed by atoms with van der Waals surface area (Å²) in [7, 11) is 0. The molecule has 1 aliphatic rings. The van der Waals surface area contributed by atoms with Crippen molar-refractivity contribution in [3.63, 3.8) is 0 Å². The number of halogens is 3. The SMILES string of the molecule is CC(C)(C)C1=CCN(C(CCN)C(F)(F)F)CC1. The second-order valence-corrected chi connectivity index (χ2v) is 5.86. The van der Waals surface area contributed by atoms with Crippen LogP contribution in [0.3, 0.4) is 0 Å². The van der Waals surface area contributed by atoms with Gasteiger partial charge in [0.25, 0.3) is 0 Å². The molecule has 5 heteroatoms. The molecule has 0 saturated carbocycles. The van der Waals surface area contributed by atoms with Gasteiger partial charge in [0.1, 0.15) is 6.04 Å². The van der Waals surface area contributed by atoms with Gasteiger partial charge in [-0.1, -0.05) is 32.4 Å². The molecule has 0 aromatic carbocycles. The van der Waals surface area contributed by atoms with Crippen LogP contribution >= 0.6 is 0 Å². The monoisotopic (exact) mass is 264 g/mol. The van der Waals surface area contributed by atoms with E-state index in [0.29, 0.717) is 19.5 Å². The van der Waals surface area contributed by atoms with Crippen LogP contribution in [-0.2, 0) is 0 Å². The Morgan fingerprint density at radius 1 is 1.33 bits per heavy atom. The molecule has 0 radical (unpaired) electrons. The van der Waals surface area contributed by atoms with Gasteiger partial charge in [0, 0.05) is 13.1 Å². The Bertz CT molecular complexity index is 302. The first-order valence-electron chi connectivity index (χ1n) is 6.36. The van der Waals surface area contributed by atoms with Gasteiger partial charge in [-0.05, 0) is 24.8 Å². The van der Waals surface area contributed by atoms with Crippen LogP contribution in [0.2, 0.25) is 0 Å². The van der Waals surface area contributed by atoms with Crippen LogP contribution in [-0.4, -0.2) is 36.8 Å². The van der Waals surface area contributed by atoms with Gasteiger partial charge < -0.3 is 5.73 Å². The Morgan fingerprint density at radius 3 is 2.28 bits per heavy atom. The van der Waals surface area contributed by atoms with Crippen molar-refractivity contribution >= 4 is 0 Å². The lowest BCUT2D eigenvalue weighted by Gasteiger charge is -2.37. The maximum Gasteiger partial charge on any atom is 0.404 e. The molecular formula is C13H23F3N2. The van der Waals surface area contributed by atoms with Crippen molar-refractivity contribution in [2.75, 3.05) is 19.6 Å². The van der Waals surface area contributed by atoms with Crippen molar-refractivity contribution < 1.29 is 13.2 Å². The van der Waals surface area contributed by atoms with Crippen LogP contribution in [0, 0.1) is 5.41 Å². The van der Waals surface area contributed by atoms with E-state index in [1.165, 1.54) is 10.5 Å². The number of nitrogens with two attached hydrogens (primary N) is 1. The fourth-order valence-corrected chi connectivity index (χ4v) is 2.36. The van der Waals surface area contributed by atoms with Gasteiger partial charge in [-0.15, -0.1) is 0 Å². The maximum absolute atomic E-state index is 12.9. The standard InChI is InChI=1S/C13H23F3N2/c1-12(2,3)10-5-8-18(9-6-10)11(4-7-17)13(14,15)16/h5,11H,4,6-9,17H2,1-3H3. The van der Waals surface area contributed by atoms with Gasteiger partial charge in [0.2, 0.25) is 0 Å². The summed E-state index contributed by atoms with van der Waals surface area (Å²) in [6.07, 6.45) is -1.56. The molecule has 18 heavy (non-hydrogen) atoms. The van der Waals surface area contributed by atoms with Crippen molar-refractivity contribution in [1.29, 1.82) is 0 Å². The minimum absolute atomic E-state index is 0.0256. The lowest BCUT2D eigenvalue weighted by molar-refractivity contribution is -0.184. The Labute approximate surface area is 107 Å². The minimum atomic E-state index is -4.19. The molecule has 0 amide bonds. The lowest BCUT2D eigenvalue weighted by atomic mass is 9.82. The quantitative estimate of drug-likeness (QED) is 0.794. The molecule has 1 rings (SSSR count). The van der Waals surface area contributed by atoms with Crippen LogP contribution in [0.1, 0.15) is 33.6 Å². The van der Waals surface area contributed by atoms with E-state index in [-0.39, 0.29) is 18.4 Å². The molecule has 2 nitrogen and oxygen atoms in total. The summed E-state index contributed by atoms with van der Waals surface area (Å²) in [4.78, 5) is 1.49. The molecule has 0 aromatic rings. The highest BCUT2D eigenvalue weighted by Crippen LogP contribution is 2.33. The van der Waals surface area contributed by atoms with E-state index in [2.05, 4.69) is 20.8 Å². The normalized spacial score (nSPS) is 20.7. The second-order valence-electron chi connectivity index (χ2n) is 5.86. The average Bonchev–Trinajstić information content (AvgIpc) is 2.23. The number of hydrogen-bond acceptors (Lipinski definition) is 2. The molecule has 0 saturated heterocycles. The summed E-state index contributed by atoms with van der Waals surface area (Å²) in [5, 5.41) is 0. The van der Waals surface area contributed by atoms with Crippen molar-refractivity contribution in [3.8, 4) is 0 Å². The van der Waals surface area contributed by atoms with E-state index in [0.717, 1.165) is 0 Å². The van der Waals surface area contributed by atoms with E-state index < -0.39 is 12.2 Å². The summed E-state index contributed by atoms with van der Waals surface area (Å²) >= 11 is 0. The third kappa shape index (κ3) is 3.99. The molecular weight excluding hydrogens is 241 g/mol. The number of rotatable bonds is 3. The lowest BCUT2D eigenvalue weighted by Crippen LogP contribution is -2.48. The third-order valence-electron chi connectivity index (χ3n) is 3.46. The third-order valence-corrected chi connectivity index (χ3v) is 3.46. The molecule has 1 aliphatic heterocycles. The van der Waals surface area contributed by atoms with Crippen LogP contribution in [0.4, 0.5) is 13.2 Å². The molecule has 0 fully saturated rings. The number of nitrogens with zero attached hydrogens (tertiary/aromatic N) is 1. The van der Waals surface area contributed by atoms with Crippen LogP contribution < -0.4 is 5.73 Å². The predicted molar refractivity (Wildman–Crippen MR) is 67.2 cm³/mol. The van der Waals surface area contributed by atoms with Gasteiger partial charge in [0.05, 0.1) is 0 Å². The molecule has 1 heterocycles. The highest BCUT2D eigenvalue weighted by molar-refractivity contribution is 5.15. The van der Waals surface area contributed by atoms with Gasteiger partial charge in [0.15, 0.2) is 0 Å². The summed E-state index contributed by atoms with van der Waals surface area (Å²) < 4.78 is 38.7. The minimum Gasteiger partial charge on any atom is -0.330 e. The molecule has 1 atom stereocenters. The van der Waals surface area contributed by atoms with Crippen molar-refractivity contribution in [3.05, 3.63) is 11.6 Å². The van der Waals surface area contributed by atoms with E-state index in [1.807, 2.05) is 6.08 Å². The summed E-state index contributed by atoms with van der Waals surface area (Å²) in [6, 6.07) is -1.40. The first kappa shape index (κ1) is 15.5. The van der Waals surface area contributed by atoms with Gasteiger partial charge >= 0.3 is 6.18 Å². The molecule has 0 aromatic heterocycles. The first-order valence-corrected chi connectivity index (χ1v) is 6.36. The Kier molecular flexibility index (Phi) is 4.84. The number of alkyl halides is 3. The summed E-state index contributed by atoms with van der Waals surface area (Å²) in [6.45, 7) is 7.18. The van der Waals surface area contributed by atoms with E-state index in [9.17, 15) is 13.2 Å². The summed E-state index contributed by atoms with van der Waals surface area (Å²) in [5.74, 6) is 0. The average molecular weight is 264 g/mol. The molecule has 0 aliphatic carbocycles. The largest absolute Gasteiger partial charge is 0.404 e. The van der Waals surface area contributed by atoms with E-state index in [4.69, 9.17) is 5.73 Å². The first-order chi connectivity index (χ1) is 8.16. The zero-order valence-electron chi connectivity index (χ0n) is 11.3. The zero-order chi connectivity index (χ0) is 14.0. The Balaban J connectivity index is 2.73.